The Morgan fingerprint density at radius 2 is 1.71 bits per heavy atom. The van der Waals surface area contributed by atoms with Gasteiger partial charge in [0.1, 0.15) is 5.82 Å². The molecule has 0 saturated heterocycles. The number of hydrogen-bond acceptors (Lipinski definition) is 2. The fraction of sp³-hybridized carbons (Fsp3) is 0.100. The maximum atomic E-state index is 13.0. The van der Waals surface area contributed by atoms with Crippen molar-refractivity contribution in [1.29, 1.82) is 0 Å². The molecule has 3 rings (SSSR count). The summed E-state index contributed by atoms with van der Waals surface area (Å²) in [5.41, 5.74) is 3.10. The maximum absolute atomic E-state index is 13.0. The maximum Gasteiger partial charge on any atom is 0.253 e. The van der Waals surface area contributed by atoms with E-state index < -0.39 is 0 Å². The predicted octanol–water partition coefficient (Wildman–Crippen LogP) is 4.38. The van der Waals surface area contributed by atoms with E-state index in [4.69, 9.17) is 0 Å². The van der Waals surface area contributed by atoms with Crippen LogP contribution in [0.1, 0.15) is 28.9 Å². The molecule has 24 heavy (non-hydrogen) atoms. The number of nitrogens with one attached hydrogen (secondary N) is 1. The van der Waals surface area contributed by atoms with Crippen molar-refractivity contribution < 1.29 is 9.18 Å². The SMILES string of the molecule is C[C@@H](NC(=O)c1cncc(-c2ccc(F)cc2)c1)c1ccccc1. The first-order valence-electron chi connectivity index (χ1n) is 7.70. The fourth-order valence-electron chi connectivity index (χ4n) is 2.47. The van der Waals surface area contributed by atoms with Crippen LogP contribution >= 0.6 is 0 Å². The zero-order valence-electron chi connectivity index (χ0n) is 13.2. The average Bonchev–Trinajstić information content (AvgIpc) is 2.63. The lowest BCUT2D eigenvalue weighted by Gasteiger charge is -2.14. The van der Waals surface area contributed by atoms with E-state index in [0.717, 1.165) is 16.7 Å². The van der Waals surface area contributed by atoms with Gasteiger partial charge in [0.05, 0.1) is 11.6 Å². The molecule has 1 atom stereocenters. The summed E-state index contributed by atoms with van der Waals surface area (Å²) in [4.78, 5) is 16.6. The Balaban J connectivity index is 1.78. The number of hydrogen-bond donors (Lipinski definition) is 1. The second-order valence-electron chi connectivity index (χ2n) is 5.58. The fourth-order valence-corrected chi connectivity index (χ4v) is 2.47. The van der Waals surface area contributed by atoms with E-state index in [1.807, 2.05) is 37.3 Å². The lowest BCUT2D eigenvalue weighted by atomic mass is 10.0. The Bertz CT molecular complexity index is 832. The molecule has 2 aromatic carbocycles. The normalized spacial score (nSPS) is 11.8. The predicted molar refractivity (Wildman–Crippen MR) is 92.0 cm³/mol. The minimum absolute atomic E-state index is 0.104. The minimum Gasteiger partial charge on any atom is -0.345 e. The van der Waals surface area contributed by atoms with Crippen molar-refractivity contribution in [2.45, 2.75) is 13.0 Å². The lowest BCUT2D eigenvalue weighted by Crippen LogP contribution is -2.26. The molecule has 1 heterocycles. The number of halogens is 1. The van der Waals surface area contributed by atoms with Crippen molar-refractivity contribution >= 4 is 5.91 Å². The molecule has 3 aromatic rings. The van der Waals surface area contributed by atoms with E-state index in [2.05, 4.69) is 10.3 Å². The van der Waals surface area contributed by atoms with E-state index in [1.54, 1.807) is 24.4 Å². The summed E-state index contributed by atoms with van der Waals surface area (Å²) >= 11 is 0. The second kappa shape index (κ2) is 7.04. The van der Waals surface area contributed by atoms with Crippen molar-refractivity contribution in [3.63, 3.8) is 0 Å². The summed E-state index contributed by atoms with van der Waals surface area (Å²) in [6.07, 6.45) is 3.19. The third-order valence-corrected chi connectivity index (χ3v) is 3.83. The molecule has 0 unspecified atom stereocenters. The highest BCUT2D eigenvalue weighted by Crippen LogP contribution is 2.20. The summed E-state index contributed by atoms with van der Waals surface area (Å²) < 4.78 is 13.0. The quantitative estimate of drug-likeness (QED) is 0.775. The third kappa shape index (κ3) is 3.66. The van der Waals surface area contributed by atoms with Crippen LogP contribution in [0.2, 0.25) is 0 Å². The van der Waals surface area contributed by atoms with Gasteiger partial charge in [0.15, 0.2) is 0 Å². The molecule has 0 fully saturated rings. The van der Waals surface area contributed by atoms with Crippen LogP contribution in [0.4, 0.5) is 4.39 Å². The summed E-state index contributed by atoms with van der Waals surface area (Å²) in [5, 5.41) is 2.96. The van der Waals surface area contributed by atoms with E-state index in [1.165, 1.54) is 18.3 Å². The first-order chi connectivity index (χ1) is 11.6. The van der Waals surface area contributed by atoms with Gasteiger partial charge in [-0.25, -0.2) is 4.39 Å². The molecule has 0 aliphatic heterocycles. The van der Waals surface area contributed by atoms with Crippen molar-refractivity contribution in [1.82, 2.24) is 10.3 Å². The molecular formula is C20H17FN2O. The molecule has 0 bridgehead atoms. The van der Waals surface area contributed by atoms with Crippen molar-refractivity contribution in [2.24, 2.45) is 0 Å². The molecular weight excluding hydrogens is 303 g/mol. The Morgan fingerprint density at radius 3 is 2.42 bits per heavy atom. The molecule has 0 aliphatic carbocycles. The molecule has 0 aliphatic rings. The molecule has 0 saturated carbocycles. The number of aromatic nitrogens is 1. The van der Waals surface area contributed by atoms with Crippen LogP contribution in [0.25, 0.3) is 11.1 Å². The highest BCUT2D eigenvalue weighted by Gasteiger charge is 2.12. The van der Waals surface area contributed by atoms with Gasteiger partial charge >= 0.3 is 0 Å². The number of carbonyl (C=O) groups is 1. The highest BCUT2D eigenvalue weighted by atomic mass is 19.1. The van der Waals surface area contributed by atoms with Crippen LogP contribution in [0, 0.1) is 5.82 Å². The monoisotopic (exact) mass is 320 g/mol. The summed E-state index contributed by atoms with van der Waals surface area (Å²) in [6, 6.07) is 17.5. The number of nitrogens with zero attached hydrogens (tertiary/aromatic N) is 1. The number of benzene rings is 2. The lowest BCUT2D eigenvalue weighted by molar-refractivity contribution is 0.0939. The zero-order chi connectivity index (χ0) is 16.9. The van der Waals surface area contributed by atoms with Crippen LogP contribution in [0.15, 0.2) is 73.1 Å². The molecule has 1 amide bonds. The van der Waals surface area contributed by atoms with E-state index in [0.29, 0.717) is 5.56 Å². The van der Waals surface area contributed by atoms with Crippen LogP contribution < -0.4 is 5.32 Å². The van der Waals surface area contributed by atoms with Gasteiger partial charge in [-0.2, -0.15) is 0 Å². The van der Waals surface area contributed by atoms with Gasteiger partial charge in [0, 0.05) is 18.0 Å². The minimum atomic E-state index is -0.294. The standard InChI is InChI=1S/C20H17FN2O/c1-14(15-5-3-2-4-6-15)23-20(24)18-11-17(12-22-13-18)16-7-9-19(21)10-8-16/h2-14H,1H3,(H,23,24)/t14-/m1/s1. The van der Waals surface area contributed by atoms with Gasteiger partial charge in [0.25, 0.3) is 5.91 Å². The van der Waals surface area contributed by atoms with Gasteiger partial charge in [-0.15, -0.1) is 0 Å². The molecule has 0 spiro atoms. The number of pyridine rings is 1. The molecule has 1 N–H and O–H groups in total. The largest absolute Gasteiger partial charge is 0.345 e. The Hall–Kier alpha value is -3.01. The van der Waals surface area contributed by atoms with Gasteiger partial charge in [0.2, 0.25) is 0 Å². The molecule has 3 nitrogen and oxygen atoms in total. The van der Waals surface area contributed by atoms with Crippen LogP contribution in [-0.2, 0) is 0 Å². The smallest absolute Gasteiger partial charge is 0.253 e. The number of carbonyl (C=O) groups excluding carboxylic acids is 1. The van der Waals surface area contributed by atoms with E-state index >= 15 is 0 Å². The number of rotatable bonds is 4. The van der Waals surface area contributed by atoms with Gasteiger partial charge in [-0.05, 0) is 36.2 Å². The first-order valence-corrected chi connectivity index (χ1v) is 7.70. The molecule has 4 heteroatoms. The van der Waals surface area contributed by atoms with E-state index in [-0.39, 0.29) is 17.8 Å². The number of amides is 1. The Labute approximate surface area is 140 Å². The molecule has 0 radical (unpaired) electrons. The Morgan fingerprint density at radius 1 is 1.00 bits per heavy atom. The van der Waals surface area contributed by atoms with Crippen molar-refractivity contribution in [2.75, 3.05) is 0 Å². The topological polar surface area (TPSA) is 42.0 Å². The van der Waals surface area contributed by atoms with Gasteiger partial charge in [-0.3, -0.25) is 9.78 Å². The van der Waals surface area contributed by atoms with E-state index in [9.17, 15) is 9.18 Å². The van der Waals surface area contributed by atoms with Crippen LogP contribution in [0.5, 0.6) is 0 Å². The van der Waals surface area contributed by atoms with Crippen LogP contribution in [-0.4, -0.2) is 10.9 Å². The first kappa shape index (κ1) is 15.9. The van der Waals surface area contributed by atoms with Crippen LogP contribution in [0.3, 0.4) is 0 Å². The van der Waals surface area contributed by atoms with Gasteiger partial charge < -0.3 is 5.32 Å². The Kier molecular flexibility index (Phi) is 4.66. The summed E-state index contributed by atoms with van der Waals surface area (Å²) in [5.74, 6) is -0.486. The summed E-state index contributed by atoms with van der Waals surface area (Å²) in [7, 11) is 0. The highest BCUT2D eigenvalue weighted by molar-refractivity contribution is 5.95. The summed E-state index contributed by atoms with van der Waals surface area (Å²) in [6.45, 7) is 1.94. The van der Waals surface area contributed by atoms with Gasteiger partial charge in [-0.1, -0.05) is 42.5 Å². The second-order valence-corrected chi connectivity index (χ2v) is 5.58. The molecule has 1 aromatic heterocycles. The van der Waals surface area contributed by atoms with Crippen molar-refractivity contribution in [3.05, 3.63) is 90.0 Å². The zero-order valence-corrected chi connectivity index (χ0v) is 13.2. The average molecular weight is 320 g/mol. The third-order valence-electron chi connectivity index (χ3n) is 3.83. The molecule has 120 valence electrons. The van der Waals surface area contributed by atoms with Crippen molar-refractivity contribution in [3.8, 4) is 11.1 Å².